The second kappa shape index (κ2) is 8.42. The minimum absolute atomic E-state index is 0.0813. The molecule has 10 heteroatoms. The highest BCUT2D eigenvalue weighted by Crippen LogP contribution is 2.28. The summed E-state index contributed by atoms with van der Waals surface area (Å²) in [5, 5.41) is 17.7. The van der Waals surface area contributed by atoms with E-state index in [0.29, 0.717) is 37.5 Å². The number of carbonyl (C=O) groups excluding carboxylic acids is 2. The van der Waals surface area contributed by atoms with E-state index in [-0.39, 0.29) is 29.0 Å². The van der Waals surface area contributed by atoms with Gasteiger partial charge in [-0.1, -0.05) is 5.16 Å². The fourth-order valence-corrected chi connectivity index (χ4v) is 3.58. The highest BCUT2D eigenvalue weighted by Gasteiger charge is 2.31. The van der Waals surface area contributed by atoms with Gasteiger partial charge in [-0.25, -0.2) is 0 Å². The molecule has 0 saturated carbocycles. The van der Waals surface area contributed by atoms with Crippen LogP contribution in [0.4, 0.5) is 11.5 Å². The zero-order valence-corrected chi connectivity index (χ0v) is 16.3. The summed E-state index contributed by atoms with van der Waals surface area (Å²) in [5.41, 5.74) is -0.123. The normalized spacial score (nSPS) is 14.7. The van der Waals surface area contributed by atoms with Crippen molar-refractivity contribution >= 4 is 35.1 Å². The second-order valence-corrected chi connectivity index (χ2v) is 7.40. The van der Waals surface area contributed by atoms with Crippen molar-refractivity contribution in [2.75, 3.05) is 24.7 Å². The fraction of sp³-hybridized carbons (Fsp3) is 0.389. The first kappa shape index (κ1) is 19.9. The van der Waals surface area contributed by atoms with Crippen LogP contribution in [0.15, 0.2) is 33.7 Å². The number of likely N-dealkylation sites (tertiary alicyclic amines) is 1. The summed E-state index contributed by atoms with van der Waals surface area (Å²) in [6, 6.07) is 6.17. The number of nitro groups is 1. The van der Waals surface area contributed by atoms with E-state index in [0.717, 1.165) is 4.90 Å². The van der Waals surface area contributed by atoms with Gasteiger partial charge in [0.05, 0.1) is 4.92 Å². The van der Waals surface area contributed by atoms with Crippen LogP contribution in [0.25, 0.3) is 0 Å². The largest absolute Gasteiger partial charge is 0.360 e. The topological polar surface area (TPSA) is 119 Å². The lowest BCUT2D eigenvalue weighted by Crippen LogP contribution is -2.41. The van der Waals surface area contributed by atoms with Crippen LogP contribution in [0.3, 0.4) is 0 Å². The Hall–Kier alpha value is -2.88. The molecule has 1 N–H and O–H groups in total. The summed E-state index contributed by atoms with van der Waals surface area (Å²) in [4.78, 5) is 38.3. The molecule has 1 aromatic carbocycles. The van der Waals surface area contributed by atoms with Gasteiger partial charge in [-0.2, -0.15) is 0 Å². The molecular weight excluding hydrogens is 384 g/mol. The van der Waals surface area contributed by atoms with Gasteiger partial charge in [-0.3, -0.25) is 19.7 Å². The molecule has 1 saturated heterocycles. The quantitative estimate of drug-likeness (QED) is 0.462. The summed E-state index contributed by atoms with van der Waals surface area (Å²) < 4.78 is 4.93. The van der Waals surface area contributed by atoms with Crippen molar-refractivity contribution in [1.29, 1.82) is 0 Å². The third-order valence-corrected chi connectivity index (χ3v) is 5.39. The number of hydrogen-bond acceptors (Lipinski definition) is 7. The number of carbonyl (C=O) groups is 2. The lowest BCUT2D eigenvalue weighted by Gasteiger charge is -2.31. The number of rotatable bonds is 5. The van der Waals surface area contributed by atoms with Gasteiger partial charge in [-0.15, -0.1) is 11.8 Å². The molecule has 1 aliphatic rings. The zero-order valence-electron chi connectivity index (χ0n) is 15.5. The number of nitrogens with zero attached hydrogens (tertiary/aromatic N) is 3. The first-order chi connectivity index (χ1) is 13.4. The van der Waals surface area contributed by atoms with Crippen molar-refractivity contribution in [2.24, 2.45) is 5.92 Å². The van der Waals surface area contributed by atoms with E-state index in [1.807, 2.05) is 6.26 Å². The van der Waals surface area contributed by atoms with Gasteiger partial charge in [0.1, 0.15) is 11.3 Å². The average molecular weight is 404 g/mol. The van der Waals surface area contributed by atoms with Gasteiger partial charge in [0.15, 0.2) is 5.82 Å². The van der Waals surface area contributed by atoms with Gasteiger partial charge in [0.25, 0.3) is 11.6 Å². The summed E-state index contributed by atoms with van der Waals surface area (Å²) in [5.74, 6) is 0.160. The van der Waals surface area contributed by atoms with E-state index in [1.165, 1.54) is 17.8 Å². The van der Waals surface area contributed by atoms with Crippen LogP contribution < -0.4 is 5.32 Å². The minimum atomic E-state index is -0.544. The molecular formula is C18H20N4O5S. The summed E-state index contributed by atoms with van der Waals surface area (Å²) in [6.07, 6.45) is 2.80. The second-order valence-electron chi connectivity index (χ2n) is 6.52. The molecule has 0 radical (unpaired) electrons. The number of hydrogen-bond donors (Lipinski definition) is 1. The maximum Gasteiger partial charge on any atom is 0.282 e. The molecule has 1 aliphatic heterocycles. The number of nitrogens with one attached hydrogen (secondary N) is 1. The van der Waals surface area contributed by atoms with Gasteiger partial charge >= 0.3 is 0 Å². The van der Waals surface area contributed by atoms with Crippen LogP contribution in [0.1, 0.15) is 29.0 Å². The predicted molar refractivity (Wildman–Crippen MR) is 103 cm³/mol. The fourth-order valence-electron chi connectivity index (χ4n) is 3.14. The minimum Gasteiger partial charge on any atom is -0.360 e. The Bertz CT molecular complexity index is 905. The molecule has 1 aromatic heterocycles. The Kier molecular flexibility index (Phi) is 5.98. The molecule has 9 nitrogen and oxygen atoms in total. The Balaban J connectivity index is 1.65. The molecule has 2 aromatic rings. The van der Waals surface area contributed by atoms with Crippen LogP contribution in [0, 0.1) is 23.0 Å². The number of aryl methyl sites for hydroxylation is 1. The number of piperidine rings is 1. The Labute approximate surface area is 165 Å². The van der Waals surface area contributed by atoms with Crippen molar-refractivity contribution in [3.8, 4) is 0 Å². The van der Waals surface area contributed by atoms with Crippen LogP contribution in [0.5, 0.6) is 0 Å². The highest BCUT2D eigenvalue weighted by molar-refractivity contribution is 7.98. The van der Waals surface area contributed by atoms with E-state index in [2.05, 4.69) is 10.5 Å². The van der Waals surface area contributed by atoms with E-state index < -0.39 is 4.92 Å². The number of thioether (sulfide) groups is 1. The van der Waals surface area contributed by atoms with Crippen molar-refractivity contribution < 1.29 is 19.0 Å². The Morgan fingerprint density at radius 2 is 2.04 bits per heavy atom. The van der Waals surface area contributed by atoms with Crippen molar-refractivity contribution in [3.05, 3.63) is 45.7 Å². The van der Waals surface area contributed by atoms with Gasteiger partial charge in [0, 0.05) is 36.0 Å². The Morgan fingerprint density at radius 1 is 1.32 bits per heavy atom. The van der Waals surface area contributed by atoms with E-state index >= 15 is 0 Å². The molecule has 2 amide bonds. The van der Waals surface area contributed by atoms with E-state index in [1.54, 1.807) is 30.0 Å². The predicted octanol–water partition coefficient (Wildman–Crippen LogP) is 3.10. The highest BCUT2D eigenvalue weighted by atomic mass is 32.2. The van der Waals surface area contributed by atoms with Crippen LogP contribution >= 0.6 is 11.8 Å². The average Bonchev–Trinajstić information content (AvgIpc) is 3.11. The summed E-state index contributed by atoms with van der Waals surface area (Å²) >= 11 is 1.41. The SMILES string of the molecule is CSc1ccc([N+](=O)[O-])c(C(=O)N2CCC(C(=O)Nc3cc(C)on3)CC2)c1. The zero-order chi connectivity index (χ0) is 20.3. The molecule has 0 unspecified atom stereocenters. The number of aromatic nitrogens is 1. The van der Waals surface area contributed by atoms with Gasteiger partial charge < -0.3 is 14.7 Å². The number of amides is 2. The van der Waals surface area contributed by atoms with Crippen LogP contribution in [0.2, 0.25) is 0 Å². The van der Waals surface area contributed by atoms with Crippen molar-refractivity contribution in [2.45, 2.75) is 24.7 Å². The summed E-state index contributed by atoms with van der Waals surface area (Å²) in [7, 11) is 0. The molecule has 0 bridgehead atoms. The lowest BCUT2D eigenvalue weighted by atomic mass is 9.95. The van der Waals surface area contributed by atoms with Crippen LogP contribution in [-0.2, 0) is 4.79 Å². The monoisotopic (exact) mass is 404 g/mol. The van der Waals surface area contributed by atoms with Gasteiger partial charge in [0.2, 0.25) is 5.91 Å². The molecule has 0 aliphatic carbocycles. The Morgan fingerprint density at radius 3 is 2.61 bits per heavy atom. The maximum absolute atomic E-state index is 12.9. The number of benzene rings is 1. The lowest BCUT2D eigenvalue weighted by molar-refractivity contribution is -0.385. The van der Waals surface area contributed by atoms with Crippen molar-refractivity contribution in [3.63, 3.8) is 0 Å². The molecule has 2 heterocycles. The van der Waals surface area contributed by atoms with E-state index in [4.69, 9.17) is 4.52 Å². The van der Waals surface area contributed by atoms with Crippen molar-refractivity contribution in [1.82, 2.24) is 10.1 Å². The summed E-state index contributed by atoms with van der Waals surface area (Å²) in [6.45, 7) is 2.45. The molecule has 1 fully saturated rings. The third kappa shape index (κ3) is 4.33. The van der Waals surface area contributed by atoms with E-state index in [9.17, 15) is 19.7 Å². The smallest absolute Gasteiger partial charge is 0.282 e. The standard InChI is InChI=1S/C18H20N4O5S/c1-11-9-16(20-27-11)19-17(23)12-5-7-21(8-6-12)18(24)14-10-13(28-2)3-4-15(14)22(25)26/h3-4,9-10,12H,5-8H2,1-2H3,(H,19,20,23). The molecule has 0 spiro atoms. The van der Waals surface area contributed by atoms with Gasteiger partial charge in [-0.05, 0) is 38.2 Å². The molecule has 148 valence electrons. The molecule has 28 heavy (non-hydrogen) atoms. The maximum atomic E-state index is 12.9. The number of anilines is 1. The van der Waals surface area contributed by atoms with Crippen LogP contribution in [-0.4, -0.2) is 46.1 Å². The number of nitro benzene ring substituents is 1. The molecule has 3 rings (SSSR count). The third-order valence-electron chi connectivity index (χ3n) is 4.66. The molecule has 0 atom stereocenters. The first-order valence-corrected chi connectivity index (χ1v) is 9.97. The first-order valence-electron chi connectivity index (χ1n) is 8.75.